The fraction of sp³-hybridized carbons (Fsp3) is 0.417. The second-order valence-electron chi connectivity index (χ2n) is 4.62. The molecule has 0 fully saturated rings. The van der Waals surface area contributed by atoms with Gasteiger partial charge in [0.25, 0.3) is 11.6 Å². The largest absolute Gasteiger partial charge is 0.393 e. The van der Waals surface area contributed by atoms with Crippen molar-refractivity contribution < 1.29 is 19.9 Å². The Morgan fingerprint density at radius 1 is 1.53 bits per heavy atom. The minimum Gasteiger partial charge on any atom is -0.393 e. The highest BCUT2D eigenvalue weighted by atomic mass is 16.6. The van der Waals surface area contributed by atoms with Crippen LogP contribution in [0.3, 0.4) is 0 Å². The Morgan fingerprint density at radius 3 is 2.68 bits per heavy atom. The number of carbonyl (C=O) groups is 1. The molecule has 0 radical (unpaired) electrons. The first-order valence-electron chi connectivity index (χ1n) is 5.63. The zero-order valence-corrected chi connectivity index (χ0v) is 10.7. The van der Waals surface area contributed by atoms with Crippen molar-refractivity contribution in [1.82, 2.24) is 5.32 Å². The maximum atomic E-state index is 11.9. The van der Waals surface area contributed by atoms with Crippen LogP contribution in [0.25, 0.3) is 0 Å². The van der Waals surface area contributed by atoms with E-state index in [0.717, 1.165) is 0 Å². The number of benzene rings is 1. The molecular formula is C12H16N2O5. The predicted molar refractivity (Wildman–Crippen MR) is 67.9 cm³/mol. The molecule has 0 aliphatic carbocycles. The van der Waals surface area contributed by atoms with Crippen molar-refractivity contribution >= 4 is 11.6 Å². The quantitative estimate of drug-likeness (QED) is 0.527. The molecule has 1 rings (SSSR count). The van der Waals surface area contributed by atoms with Crippen LogP contribution in [0, 0.1) is 17.0 Å². The van der Waals surface area contributed by atoms with E-state index >= 15 is 0 Å². The van der Waals surface area contributed by atoms with E-state index in [1.807, 2.05) is 0 Å². The molecular weight excluding hydrogens is 252 g/mol. The zero-order chi connectivity index (χ0) is 14.6. The highest BCUT2D eigenvalue weighted by molar-refractivity contribution is 5.98. The normalized spacial score (nSPS) is 13.7. The lowest BCUT2D eigenvalue weighted by molar-refractivity contribution is -0.385. The SMILES string of the molecule is Cc1ccc([N+](=O)[O-])c(C(=O)NCC(C)(O)CO)c1. The Bertz CT molecular complexity index is 499. The van der Waals surface area contributed by atoms with Crippen LogP contribution in [0.1, 0.15) is 22.8 Å². The molecule has 0 saturated heterocycles. The number of rotatable bonds is 5. The van der Waals surface area contributed by atoms with E-state index in [9.17, 15) is 20.0 Å². The van der Waals surface area contributed by atoms with Crippen molar-refractivity contribution in [3.63, 3.8) is 0 Å². The summed E-state index contributed by atoms with van der Waals surface area (Å²) in [4.78, 5) is 22.1. The first kappa shape index (κ1) is 15.1. The van der Waals surface area contributed by atoms with Gasteiger partial charge in [-0.25, -0.2) is 0 Å². The Labute approximate surface area is 110 Å². The molecule has 1 aromatic carbocycles. The first-order chi connectivity index (χ1) is 8.76. The van der Waals surface area contributed by atoms with Crippen LogP contribution in [0.5, 0.6) is 0 Å². The van der Waals surface area contributed by atoms with Gasteiger partial charge in [-0.05, 0) is 25.5 Å². The summed E-state index contributed by atoms with van der Waals surface area (Å²) in [6, 6.07) is 4.20. The molecule has 19 heavy (non-hydrogen) atoms. The van der Waals surface area contributed by atoms with Crippen LogP contribution in [0.2, 0.25) is 0 Å². The van der Waals surface area contributed by atoms with Gasteiger partial charge in [-0.3, -0.25) is 14.9 Å². The number of nitrogens with one attached hydrogen (secondary N) is 1. The summed E-state index contributed by atoms with van der Waals surface area (Å²) < 4.78 is 0. The van der Waals surface area contributed by atoms with Crippen LogP contribution in [-0.4, -0.2) is 39.8 Å². The Kier molecular flexibility index (Phi) is 4.57. The maximum absolute atomic E-state index is 11.9. The summed E-state index contributed by atoms with van der Waals surface area (Å²) in [7, 11) is 0. The standard InChI is InChI=1S/C12H16N2O5/c1-8-3-4-10(14(18)19)9(5-8)11(16)13-6-12(2,17)7-15/h3-5,15,17H,6-7H2,1-2H3,(H,13,16). The van der Waals surface area contributed by atoms with Gasteiger partial charge >= 0.3 is 0 Å². The summed E-state index contributed by atoms with van der Waals surface area (Å²) in [6.45, 7) is 2.33. The van der Waals surface area contributed by atoms with Gasteiger partial charge in [0.1, 0.15) is 11.2 Å². The molecule has 0 spiro atoms. The van der Waals surface area contributed by atoms with Crippen LogP contribution in [-0.2, 0) is 0 Å². The molecule has 1 unspecified atom stereocenters. The number of nitro benzene ring substituents is 1. The Morgan fingerprint density at radius 2 is 2.16 bits per heavy atom. The van der Waals surface area contributed by atoms with Crippen molar-refractivity contribution in [3.8, 4) is 0 Å². The van der Waals surface area contributed by atoms with Crippen LogP contribution >= 0.6 is 0 Å². The third-order valence-electron chi connectivity index (χ3n) is 2.56. The Hall–Kier alpha value is -1.99. The molecule has 1 aromatic rings. The molecule has 0 aliphatic rings. The van der Waals surface area contributed by atoms with Gasteiger partial charge in [0.2, 0.25) is 0 Å². The summed E-state index contributed by atoms with van der Waals surface area (Å²) >= 11 is 0. The number of nitro groups is 1. The summed E-state index contributed by atoms with van der Waals surface area (Å²) in [5, 5.41) is 31.6. The number of hydrogen-bond donors (Lipinski definition) is 3. The topological polar surface area (TPSA) is 113 Å². The summed E-state index contributed by atoms with van der Waals surface area (Å²) in [6.07, 6.45) is 0. The molecule has 0 saturated carbocycles. The van der Waals surface area contributed by atoms with E-state index in [1.54, 1.807) is 13.0 Å². The molecule has 0 heterocycles. The average Bonchev–Trinajstić information content (AvgIpc) is 2.35. The van der Waals surface area contributed by atoms with Crippen molar-refractivity contribution in [2.45, 2.75) is 19.4 Å². The summed E-state index contributed by atoms with van der Waals surface area (Å²) in [5.74, 6) is -0.663. The van der Waals surface area contributed by atoms with Crippen LogP contribution < -0.4 is 5.32 Å². The van der Waals surface area contributed by atoms with Gasteiger partial charge in [0.15, 0.2) is 0 Å². The van der Waals surface area contributed by atoms with Crippen molar-refractivity contribution in [2.24, 2.45) is 0 Å². The van der Waals surface area contributed by atoms with E-state index in [0.29, 0.717) is 5.56 Å². The minimum absolute atomic E-state index is 0.0706. The second-order valence-corrected chi connectivity index (χ2v) is 4.62. The molecule has 7 heteroatoms. The molecule has 0 aliphatic heterocycles. The molecule has 104 valence electrons. The third-order valence-corrected chi connectivity index (χ3v) is 2.56. The maximum Gasteiger partial charge on any atom is 0.282 e. The van der Waals surface area contributed by atoms with Gasteiger partial charge < -0.3 is 15.5 Å². The number of hydrogen-bond acceptors (Lipinski definition) is 5. The Balaban J connectivity index is 2.93. The predicted octanol–water partition coefficient (Wildman–Crippen LogP) is 0.376. The zero-order valence-electron chi connectivity index (χ0n) is 10.7. The van der Waals surface area contributed by atoms with E-state index in [4.69, 9.17) is 5.11 Å². The van der Waals surface area contributed by atoms with Gasteiger partial charge in [-0.2, -0.15) is 0 Å². The smallest absolute Gasteiger partial charge is 0.282 e. The monoisotopic (exact) mass is 268 g/mol. The lowest BCUT2D eigenvalue weighted by atomic mass is 10.1. The van der Waals surface area contributed by atoms with Crippen molar-refractivity contribution in [1.29, 1.82) is 0 Å². The number of aliphatic hydroxyl groups excluding tert-OH is 1. The molecule has 3 N–H and O–H groups in total. The number of aliphatic hydroxyl groups is 2. The van der Waals surface area contributed by atoms with Gasteiger partial charge in [-0.15, -0.1) is 0 Å². The number of nitrogens with zero attached hydrogens (tertiary/aromatic N) is 1. The number of amides is 1. The molecule has 1 atom stereocenters. The number of carbonyl (C=O) groups excluding carboxylic acids is 1. The second kappa shape index (κ2) is 5.77. The van der Waals surface area contributed by atoms with Crippen LogP contribution in [0.4, 0.5) is 5.69 Å². The van der Waals surface area contributed by atoms with Crippen molar-refractivity contribution in [2.75, 3.05) is 13.2 Å². The lowest BCUT2D eigenvalue weighted by Crippen LogP contribution is -2.43. The van der Waals surface area contributed by atoms with Gasteiger partial charge in [0.05, 0.1) is 11.5 Å². The molecule has 0 bridgehead atoms. The number of aryl methyl sites for hydroxylation is 1. The molecule has 7 nitrogen and oxygen atoms in total. The summed E-state index contributed by atoms with van der Waals surface area (Å²) in [5.41, 5.74) is -1.12. The third kappa shape index (κ3) is 4.01. The van der Waals surface area contributed by atoms with Crippen LogP contribution in [0.15, 0.2) is 18.2 Å². The lowest BCUT2D eigenvalue weighted by Gasteiger charge is -2.20. The highest BCUT2D eigenvalue weighted by Gasteiger charge is 2.24. The molecule has 1 amide bonds. The van der Waals surface area contributed by atoms with Gasteiger partial charge in [0, 0.05) is 12.6 Å². The van der Waals surface area contributed by atoms with Crippen molar-refractivity contribution in [3.05, 3.63) is 39.4 Å². The highest BCUT2D eigenvalue weighted by Crippen LogP contribution is 2.19. The fourth-order valence-electron chi connectivity index (χ4n) is 1.41. The van der Waals surface area contributed by atoms with E-state index in [-0.39, 0.29) is 17.8 Å². The van der Waals surface area contributed by atoms with Gasteiger partial charge in [-0.1, -0.05) is 6.07 Å². The molecule has 0 aromatic heterocycles. The first-order valence-corrected chi connectivity index (χ1v) is 5.63. The average molecular weight is 268 g/mol. The van der Waals surface area contributed by atoms with E-state index in [2.05, 4.69) is 5.32 Å². The van der Waals surface area contributed by atoms with E-state index in [1.165, 1.54) is 19.1 Å². The van der Waals surface area contributed by atoms with E-state index < -0.39 is 23.0 Å². The fourth-order valence-corrected chi connectivity index (χ4v) is 1.41. The minimum atomic E-state index is -1.46.